The van der Waals surface area contributed by atoms with Gasteiger partial charge in [-0.15, -0.1) is 0 Å². The largest absolute Gasteiger partial charge is 0.357 e. The summed E-state index contributed by atoms with van der Waals surface area (Å²) in [6.07, 6.45) is 0.855. The van der Waals surface area contributed by atoms with Gasteiger partial charge in [0.05, 0.1) is 5.69 Å². The first-order chi connectivity index (χ1) is 15.6. The molecule has 0 spiro atoms. The zero-order chi connectivity index (χ0) is 24.6. The van der Waals surface area contributed by atoms with Gasteiger partial charge in [0.2, 0.25) is 11.8 Å². The topological polar surface area (TPSA) is 90.0 Å². The van der Waals surface area contributed by atoms with Crippen LogP contribution in [0.25, 0.3) is 0 Å². The minimum atomic E-state index is -4.06. The van der Waals surface area contributed by atoms with E-state index in [9.17, 15) is 22.4 Å². The fourth-order valence-electron chi connectivity index (χ4n) is 3.39. The summed E-state index contributed by atoms with van der Waals surface area (Å²) in [4.78, 5) is 27.4. The number of hydrogen-bond donors (Lipinski definition) is 1. The lowest BCUT2D eigenvalue weighted by Crippen LogP contribution is -2.53. The van der Waals surface area contributed by atoms with E-state index < -0.39 is 34.5 Å². The van der Waals surface area contributed by atoms with Gasteiger partial charge < -0.3 is 10.2 Å². The molecule has 2 amide bonds. The van der Waals surface area contributed by atoms with Gasteiger partial charge in [0.1, 0.15) is 18.4 Å². The molecule has 0 aromatic heterocycles. The highest BCUT2D eigenvalue weighted by Crippen LogP contribution is 2.21. The Morgan fingerprint density at radius 3 is 2.15 bits per heavy atom. The number of nitrogens with zero attached hydrogens (tertiary/aromatic N) is 3. The Labute approximate surface area is 195 Å². The monoisotopic (exact) mass is 478 g/mol. The van der Waals surface area contributed by atoms with Crippen LogP contribution >= 0.6 is 0 Å². The van der Waals surface area contributed by atoms with Gasteiger partial charge in [-0.05, 0) is 42.7 Å². The lowest BCUT2D eigenvalue weighted by Gasteiger charge is -2.33. The molecule has 0 radical (unpaired) electrons. The summed E-state index contributed by atoms with van der Waals surface area (Å²) in [7, 11) is 0.130. The second-order valence-electron chi connectivity index (χ2n) is 7.63. The molecule has 8 nitrogen and oxygen atoms in total. The number of likely N-dealkylation sites (N-methyl/N-ethyl adjacent to an activating group) is 1. The van der Waals surface area contributed by atoms with Gasteiger partial charge in [0, 0.05) is 27.7 Å². The molecule has 0 aliphatic rings. The second-order valence-corrected chi connectivity index (χ2v) is 9.70. The predicted octanol–water partition coefficient (Wildman–Crippen LogP) is 2.03. The third-order valence-corrected chi connectivity index (χ3v) is 7.07. The number of hydrogen-bond acceptors (Lipinski definition) is 4. The fourth-order valence-corrected chi connectivity index (χ4v) is 4.44. The standard InChI is InChI=1S/C23H31FN4O4S/c1-5-21(23(30)25-2)27(16-15-18-9-7-6-8-10-18)22(29)17-28(33(31,32)26(3)4)20-13-11-19(24)12-14-20/h6-14,21H,5,15-17H2,1-4H3,(H,25,30)/t21-/m1/s1. The van der Waals surface area contributed by atoms with Gasteiger partial charge in [0.15, 0.2) is 0 Å². The van der Waals surface area contributed by atoms with Gasteiger partial charge >= 0.3 is 10.2 Å². The molecule has 0 aliphatic heterocycles. The maximum absolute atomic E-state index is 13.5. The zero-order valence-corrected chi connectivity index (χ0v) is 20.2. The molecule has 2 aromatic rings. The molecule has 0 unspecified atom stereocenters. The van der Waals surface area contributed by atoms with Gasteiger partial charge in [-0.3, -0.25) is 9.59 Å². The van der Waals surface area contributed by atoms with E-state index >= 15 is 0 Å². The molecule has 0 aliphatic carbocycles. The molecule has 0 saturated heterocycles. The van der Waals surface area contributed by atoms with E-state index in [0.29, 0.717) is 12.8 Å². The molecule has 0 heterocycles. The van der Waals surface area contributed by atoms with E-state index in [2.05, 4.69) is 5.32 Å². The molecule has 1 atom stereocenters. The average Bonchev–Trinajstić information content (AvgIpc) is 2.80. The van der Waals surface area contributed by atoms with Crippen LogP contribution in [0.3, 0.4) is 0 Å². The summed E-state index contributed by atoms with van der Waals surface area (Å²) in [5.41, 5.74) is 1.13. The van der Waals surface area contributed by atoms with Crippen molar-refractivity contribution in [3.63, 3.8) is 0 Å². The minimum Gasteiger partial charge on any atom is -0.357 e. The summed E-state index contributed by atoms with van der Waals surface area (Å²) in [6, 6.07) is 13.6. The lowest BCUT2D eigenvalue weighted by atomic mass is 10.1. The van der Waals surface area contributed by atoms with Crippen molar-refractivity contribution in [2.45, 2.75) is 25.8 Å². The Morgan fingerprint density at radius 1 is 1.03 bits per heavy atom. The third kappa shape index (κ3) is 6.75. The van der Waals surface area contributed by atoms with Crippen LogP contribution in [0.15, 0.2) is 54.6 Å². The van der Waals surface area contributed by atoms with Gasteiger partial charge in [-0.1, -0.05) is 37.3 Å². The molecule has 10 heteroatoms. The van der Waals surface area contributed by atoms with Crippen molar-refractivity contribution in [1.29, 1.82) is 0 Å². The predicted molar refractivity (Wildman–Crippen MR) is 126 cm³/mol. The first kappa shape index (κ1) is 26.3. The summed E-state index contributed by atoms with van der Waals surface area (Å²) >= 11 is 0. The van der Waals surface area contributed by atoms with Crippen molar-refractivity contribution >= 4 is 27.7 Å². The van der Waals surface area contributed by atoms with E-state index in [1.165, 1.54) is 38.2 Å². The van der Waals surface area contributed by atoms with Crippen LogP contribution < -0.4 is 9.62 Å². The van der Waals surface area contributed by atoms with E-state index in [4.69, 9.17) is 0 Å². The summed E-state index contributed by atoms with van der Waals surface area (Å²) in [5, 5.41) is 2.57. The van der Waals surface area contributed by atoms with Crippen molar-refractivity contribution in [1.82, 2.24) is 14.5 Å². The van der Waals surface area contributed by atoms with E-state index in [-0.39, 0.29) is 18.1 Å². The maximum Gasteiger partial charge on any atom is 0.304 e. The Hall–Kier alpha value is -2.98. The number of halogens is 1. The first-order valence-corrected chi connectivity index (χ1v) is 12.0. The maximum atomic E-state index is 13.5. The molecule has 1 N–H and O–H groups in total. The Kier molecular flexibility index (Phi) is 9.36. The number of rotatable bonds is 11. The number of carbonyl (C=O) groups excluding carboxylic acids is 2. The van der Waals surface area contributed by atoms with Crippen LogP contribution in [-0.4, -0.2) is 69.7 Å². The number of nitrogens with one attached hydrogen (secondary N) is 1. The van der Waals surface area contributed by atoms with Crippen molar-refractivity contribution < 1.29 is 22.4 Å². The van der Waals surface area contributed by atoms with Crippen LogP contribution in [-0.2, 0) is 26.2 Å². The number of benzene rings is 2. The smallest absolute Gasteiger partial charge is 0.304 e. The molecule has 180 valence electrons. The van der Waals surface area contributed by atoms with Crippen LogP contribution in [0, 0.1) is 5.82 Å². The highest BCUT2D eigenvalue weighted by atomic mass is 32.2. The van der Waals surface area contributed by atoms with Crippen molar-refractivity contribution in [2.24, 2.45) is 0 Å². The quantitative estimate of drug-likeness (QED) is 0.535. The van der Waals surface area contributed by atoms with Gasteiger partial charge in [0.25, 0.3) is 0 Å². The SMILES string of the molecule is CC[C@H](C(=O)NC)N(CCc1ccccc1)C(=O)CN(c1ccc(F)cc1)S(=O)(=O)N(C)C. The molecule has 0 bridgehead atoms. The molecule has 2 aromatic carbocycles. The summed E-state index contributed by atoms with van der Waals surface area (Å²) in [5.74, 6) is -1.39. The van der Waals surface area contributed by atoms with Crippen LogP contribution in [0.1, 0.15) is 18.9 Å². The van der Waals surface area contributed by atoms with Crippen molar-refractivity contribution in [3.8, 4) is 0 Å². The van der Waals surface area contributed by atoms with Gasteiger partial charge in [-0.25, -0.2) is 8.70 Å². The average molecular weight is 479 g/mol. The van der Waals surface area contributed by atoms with E-state index in [1.807, 2.05) is 30.3 Å². The molecule has 2 rings (SSSR count). The molecular formula is C23H31FN4O4S. The first-order valence-electron chi connectivity index (χ1n) is 10.6. The molecule has 0 fully saturated rings. The van der Waals surface area contributed by atoms with Crippen LogP contribution in [0.2, 0.25) is 0 Å². The van der Waals surface area contributed by atoms with E-state index in [1.54, 1.807) is 6.92 Å². The fraction of sp³-hybridized carbons (Fsp3) is 0.391. The summed E-state index contributed by atoms with van der Waals surface area (Å²) < 4.78 is 41.3. The highest BCUT2D eigenvalue weighted by molar-refractivity contribution is 7.90. The molecule has 0 saturated carbocycles. The third-order valence-electron chi connectivity index (χ3n) is 5.25. The van der Waals surface area contributed by atoms with Crippen LogP contribution in [0.5, 0.6) is 0 Å². The van der Waals surface area contributed by atoms with Crippen molar-refractivity contribution in [3.05, 3.63) is 66.0 Å². The Bertz CT molecular complexity index is 1030. The zero-order valence-electron chi connectivity index (χ0n) is 19.4. The van der Waals surface area contributed by atoms with Gasteiger partial charge in [-0.2, -0.15) is 12.7 Å². The number of anilines is 1. The number of carbonyl (C=O) groups is 2. The highest BCUT2D eigenvalue weighted by Gasteiger charge is 2.33. The number of amides is 2. The van der Waals surface area contributed by atoms with Crippen LogP contribution in [0.4, 0.5) is 10.1 Å². The van der Waals surface area contributed by atoms with Crippen molar-refractivity contribution in [2.75, 3.05) is 38.5 Å². The second kappa shape index (κ2) is 11.8. The lowest BCUT2D eigenvalue weighted by molar-refractivity contribution is -0.139. The molecule has 33 heavy (non-hydrogen) atoms. The molecular weight excluding hydrogens is 447 g/mol. The normalized spacial score (nSPS) is 12.3. The minimum absolute atomic E-state index is 0.148. The Morgan fingerprint density at radius 2 is 1.64 bits per heavy atom. The Balaban J connectivity index is 2.39. The summed E-state index contributed by atoms with van der Waals surface area (Å²) in [6.45, 7) is 1.49. The van der Waals surface area contributed by atoms with E-state index in [0.717, 1.165) is 26.3 Å².